The Kier molecular flexibility index (Phi) is 4.52. The summed E-state index contributed by atoms with van der Waals surface area (Å²) in [6, 6.07) is 13.5. The maximum atomic E-state index is 13.0. The predicted molar refractivity (Wildman–Crippen MR) is 108 cm³/mol. The van der Waals surface area contributed by atoms with E-state index in [1.165, 1.54) is 0 Å². The fourth-order valence-electron chi connectivity index (χ4n) is 3.72. The van der Waals surface area contributed by atoms with Crippen LogP contribution in [-0.2, 0) is 25.8 Å². The van der Waals surface area contributed by atoms with Crippen molar-refractivity contribution in [2.45, 2.75) is 25.8 Å². The summed E-state index contributed by atoms with van der Waals surface area (Å²) in [7, 11) is 0. The number of hydrogen-bond acceptors (Lipinski definition) is 5. The van der Waals surface area contributed by atoms with Crippen LogP contribution in [0.2, 0.25) is 0 Å². The number of hydrogen-bond donors (Lipinski definition) is 0. The molecule has 0 saturated heterocycles. The van der Waals surface area contributed by atoms with Crippen LogP contribution in [0.4, 0.5) is 0 Å². The smallest absolute Gasteiger partial charge is 0.254 e. The van der Waals surface area contributed by atoms with Crippen molar-refractivity contribution >= 4 is 16.8 Å². The molecule has 1 aliphatic rings. The molecule has 0 fully saturated rings. The minimum atomic E-state index is 0.0151. The standard InChI is InChI=1S/C23H20N4O2/c28-23(18-6-7-19-17(13-18)4-2-11-25-19)27-12-9-21-20(15-27)26-22(29-21)8-5-16-3-1-10-24-14-16/h1-4,6-7,10-11,13-14H,5,8-9,12,15H2. The molecular weight excluding hydrogens is 364 g/mol. The zero-order valence-corrected chi connectivity index (χ0v) is 15.9. The topological polar surface area (TPSA) is 72.1 Å². The van der Waals surface area contributed by atoms with Crippen molar-refractivity contribution in [3.63, 3.8) is 0 Å². The molecule has 4 heterocycles. The molecule has 3 aromatic heterocycles. The molecule has 0 spiro atoms. The minimum absolute atomic E-state index is 0.0151. The van der Waals surface area contributed by atoms with Gasteiger partial charge >= 0.3 is 0 Å². The Morgan fingerprint density at radius 2 is 2.03 bits per heavy atom. The second kappa shape index (κ2) is 7.47. The van der Waals surface area contributed by atoms with Crippen LogP contribution in [0, 0.1) is 0 Å². The third-order valence-corrected chi connectivity index (χ3v) is 5.26. The molecule has 0 unspecified atom stereocenters. The number of rotatable bonds is 4. The van der Waals surface area contributed by atoms with E-state index in [0.29, 0.717) is 25.1 Å². The number of carbonyl (C=O) groups is 1. The number of aryl methyl sites for hydroxylation is 2. The summed E-state index contributed by atoms with van der Waals surface area (Å²) in [5.41, 5.74) is 3.59. The summed E-state index contributed by atoms with van der Waals surface area (Å²) in [6.45, 7) is 1.11. The van der Waals surface area contributed by atoms with E-state index in [-0.39, 0.29) is 5.91 Å². The summed E-state index contributed by atoms with van der Waals surface area (Å²) in [6.07, 6.45) is 7.64. The van der Waals surface area contributed by atoms with Crippen LogP contribution in [0.5, 0.6) is 0 Å². The number of carbonyl (C=O) groups excluding carboxylic acids is 1. The summed E-state index contributed by atoms with van der Waals surface area (Å²) in [5, 5.41) is 0.968. The molecule has 0 radical (unpaired) electrons. The lowest BCUT2D eigenvalue weighted by Crippen LogP contribution is -2.35. The third kappa shape index (κ3) is 3.61. The molecule has 0 N–H and O–H groups in total. The summed E-state index contributed by atoms with van der Waals surface area (Å²) in [5.74, 6) is 1.64. The van der Waals surface area contributed by atoms with Crippen LogP contribution in [0.3, 0.4) is 0 Å². The Hall–Kier alpha value is -3.54. The number of fused-ring (bicyclic) bond motifs is 2. The molecule has 0 saturated carbocycles. The third-order valence-electron chi connectivity index (χ3n) is 5.26. The Morgan fingerprint density at radius 1 is 1.10 bits per heavy atom. The first-order chi connectivity index (χ1) is 14.3. The Bertz CT molecular complexity index is 1170. The summed E-state index contributed by atoms with van der Waals surface area (Å²) in [4.78, 5) is 28.0. The second-order valence-electron chi connectivity index (χ2n) is 7.23. The van der Waals surface area contributed by atoms with Gasteiger partial charge in [0.05, 0.1) is 12.1 Å². The molecule has 29 heavy (non-hydrogen) atoms. The zero-order chi connectivity index (χ0) is 19.6. The van der Waals surface area contributed by atoms with Crippen LogP contribution in [0.15, 0.2) is 65.5 Å². The highest BCUT2D eigenvalue weighted by Crippen LogP contribution is 2.23. The first kappa shape index (κ1) is 17.6. The molecule has 144 valence electrons. The molecule has 0 aliphatic carbocycles. The van der Waals surface area contributed by atoms with E-state index in [1.54, 1.807) is 12.4 Å². The van der Waals surface area contributed by atoms with E-state index in [1.807, 2.05) is 47.5 Å². The van der Waals surface area contributed by atoms with Gasteiger partial charge in [0.2, 0.25) is 0 Å². The van der Waals surface area contributed by atoms with Gasteiger partial charge in [-0.2, -0.15) is 0 Å². The average molecular weight is 384 g/mol. The number of amides is 1. The van der Waals surface area contributed by atoms with Gasteiger partial charge in [0.1, 0.15) is 11.5 Å². The van der Waals surface area contributed by atoms with E-state index in [4.69, 9.17) is 4.42 Å². The highest BCUT2D eigenvalue weighted by atomic mass is 16.4. The maximum absolute atomic E-state index is 13.0. The lowest BCUT2D eigenvalue weighted by molar-refractivity contribution is 0.0728. The van der Waals surface area contributed by atoms with E-state index >= 15 is 0 Å². The molecule has 0 atom stereocenters. The van der Waals surface area contributed by atoms with Gasteiger partial charge in [-0.15, -0.1) is 0 Å². The van der Waals surface area contributed by atoms with Crippen molar-refractivity contribution in [2.75, 3.05) is 6.54 Å². The molecule has 5 rings (SSSR count). The lowest BCUT2D eigenvalue weighted by atomic mass is 10.1. The molecule has 0 bridgehead atoms. The van der Waals surface area contributed by atoms with E-state index < -0.39 is 0 Å². The fraction of sp³-hybridized carbons (Fsp3) is 0.217. The molecule has 1 aliphatic heterocycles. The van der Waals surface area contributed by atoms with Gasteiger partial charge in [0.25, 0.3) is 5.91 Å². The van der Waals surface area contributed by atoms with Crippen molar-refractivity contribution in [2.24, 2.45) is 0 Å². The van der Waals surface area contributed by atoms with Gasteiger partial charge in [0.15, 0.2) is 5.89 Å². The van der Waals surface area contributed by atoms with Crippen molar-refractivity contribution in [3.8, 4) is 0 Å². The Labute approximate surface area is 168 Å². The zero-order valence-electron chi connectivity index (χ0n) is 15.9. The maximum Gasteiger partial charge on any atom is 0.254 e. The molecule has 4 aromatic rings. The van der Waals surface area contributed by atoms with Crippen molar-refractivity contribution < 1.29 is 9.21 Å². The SMILES string of the molecule is O=C(c1ccc2ncccc2c1)N1CCc2oc(CCc3cccnc3)nc2C1. The van der Waals surface area contributed by atoms with Gasteiger partial charge in [-0.05, 0) is 42.3 Å². The highest BCUT2D eigenvalue weighted by molar-refractivity contribution is 5.98. The van der Waals surface area contributed by atoms with Crippen LogP contribution < -0.4 is 0 Å². The van der Waals surface area contributed by atoms with Crippen molar-refractivity contribution in [1.82, 2.24) is 19.9 Å². The normalized spacial score (nSPS) is 13.4. The highest BCUT2D eigenvalue weighted by Gasteiger charge is 2.26. The second-order valence-corrected chi connectivity index (χ2v) is 7.23. The quantitative estimate of drug-likeness (QED) is 0.538. The minimum Gasteiger partial charge on any atom is -0.445 e. The number of nitrogens with zero attached hydrogens (tertiary/aromatic N) is 4. The molecule has 1 amide bonds. The van der Waals surface area contributed by atoms with Gasteiger partial charge in [-0.1, -0.05) is 12.1 Å². The number of pyridine rings is 2. The van der Waals surface area contributed by atoms with Crippen LogP contribution in [0.1, 0.15) is 33.3 Å². The van der Waals surface area contributed by atoms with Gasteiger partial charge in [-0.25, -0.2) is 4.98 Å². The fourth-order valence-corrected chi connectivity index (χ4v) is 3.72. The van der Waals surface area contributed by atoms with E-state index in [9.17, 15) is 4.79 Å². The Morgan fingerprint density at radius 3 is 2.93 bits per heavy atom. The summed E-state index contributed by atoms with van der Waals surface area (Å²) >= 11 is 0. The first-order valence-corrected chi connectivity index (χ1v) is 9.77. The van der Waals surface area contributed by atoms with Crippen molar-refractivity contribution in [1.29, 1.82) is 0 Å². The number of oxazole rings is 1. The molecule has 6 nitrogen and oxygen atoms in total. The van der Waals surface area contributed by atoms with Crippen LogP contribution >= 0.6 is 0 Å². The van der Waals surface area contributed by atoms with Gasteiger partial charge in [0, 0.05) is 48.9 Å². The van der Waals surface area contributed by atoms with Crippen LogP contribution in [0.25, 0.3) is 10.9 Å². The van der Waals surface area contributed by atoms with E-state index in [2.05, 4.69) is 21.0 Å². The predicted octanol–water partition coefficient (Wildman–Crippen LogP) is 3.60. The monoisotopic (exact) mass is 384 g/mol. The largest absolute Gasteiger partial charge is 0.445 e. The number of benzene rings is 1. The summed E-state index contributed by atoms with van der Waals surface area (Å²) < 4.78 is 5.94. The first-order valence-electron chi connectivity index (χ1n) is 9.77. The van der Waals surface area contributed by atoms with Gasteiger partial charge in [-0.3, -0.25) is 14.8 Å². The van der Waals surface area contributed by atoms with Crippen molar-refractivity contribution in [3.05, 3.63) is 89.5 Å². The lowest BCUT2D eigenvalue weighted by Gasteiger charge is -2.25. The molecule has 6 heteroatoms. The number of aromatic nitrogens is 3. The van der Waals surface area contributed by atoms with Gasteiger partial charge < -0.3 is 9.32 Å². The molecule has 1 aromatic carbocycles. The van der Waals surface area contributed by atoms with Crippen LogP contribution in [-0.4, -0.2) is 32.3 Å². The van der Waals surface area contributed by atoms with E-state index in [0.717, 1.165) is 46.7 Å². The molecular formula is C23H20N4O2. The average Bonchev–Trinajstić information content (AvgIpc) is 3.20. The Balaban J connectivity index is 1.30.